The van der Waals surface area contributed by atoms with Gasteiger partial charge >= 0.3 is 0 Å². The Hall–Kier alpha value is -1.77. The summed E-state index contributed by atoms with van der Waals surface area (Å²) in [7, 11) is 0. The van der Waals surface area contributed by atoms with Crippen LogP contribution in [0.4, 0.5) is 5.13 Å². The van der Waals surface area contributed by atoms with E-state index in [1.54, 1.807) is 22.2 Å². The van der Waals surface area contributed by atoms with Crippen LogP contribution in [0.5, 0.6) is 0 Å². The number of thiophene rings is 1. The van der Waals surface area contributed by atoms with E-state index in [1.165, 1.54) is 11.3 Å². The lowest BCUT2D eigenvalue weighted by Crippen LogP contribution is -2.52. The van der Waals surface area contributed by atoms with Crippen molar-refractivity contribution in [3.05, 3.63) is 29.9 Å². The van der Waals surface area contributed by atoms with Gasteiger partial charge in [-0.15, -0.1) is 11.3 Å². The quantitative estimate of drug-likeness (QED) is 0.771. The molecule has 1 aliphatic rings. The van der Waals surface area contributed by atoms with E-state index < -0.39 is 5.54 Å². The summed E-state index contributed by atoms with van der Waals surface area (Å²) >= 11 is 3.17. The second kappa shape index (κ2) is 5.45. The van der Waals surface area contributed by atoms with Crippen LogP contribution in [0.1, 0.15) is 12.8 Å². The molecule has 114 valence electrons. The normalized spacial score (nSPS) is 17.6. The smallest absolute Gasteiger partial charge is 0.254 e. The van der Waals surface area contributed by atoms with Crippen LogP contribution in [-0.4, -0.2) is 33.8 Å². The second-order valence-electron chi connectivity index (χ2n) is 5.30. The lowest BCUT2D eigenvalue weighted by Gasteiger charge is -2.36. The van der Waals surface area contributed by atoms with Crippen LogP contribution in [0.2, 0.25) is 0 Å². The maximum absolute atomic E-state index is 13.0. The first-order valence-corrected chi connectivity index (χ1v) is 8.84. The fraction of sp³-hybridized carbons (Fsp3) is 0.357. The minimum atomic E-state index is -0.631. The van der Waals surface area contributed by atoms with Gasteiger partial charge in [0.15, 0.2) is 5.13 Å². The highest BCUT2D eigenvalue weighted by Gasteiger charge is 2.42. The van der Waals surface area contributed by atoms with Crippen LogP contribution in [0.15, 0.2) is 29.9 Å². The molecule has 0 unspecified atom stereocenters. The lowest BCUT2D eigenvalue weighted by molar-refractivity contribution is -0.126. The molecule has 0 bridgehead atoms. The molecule has 3 aromatic heterocycles. The number of aromatic nitrogens is 3. The number of thiazole rings is 1. The van der Waals surface area contributed by atoms with Crippen molar-refractivity contribution in [2.75, 3.05) is 18.4 Å². The van der Waals surface area contributed by atoms with E-state index >= 15 is 0 Å². The third-order valence-electron chi connectivity index (χ3n) is 4.04. The molecule has 0 spiro atoms. The molecule has 8 heteroatoms. The summed E-state index contributed by atoms with van der Waals surface area (Å²) in [5.74, 6) is -0.0286. The monoisotopic (exact) mass is 333 g/mol. The first kappa shape index (κ1) is 13.9. The number of piperidine rings is 1. The van der Waals surface area contributed by atoms with E-state index in [9.17, 15) is 4.79 Å². The van der Waals surface area contributed by atoms with Gasteiger partial charge in [-0.25, -0.2) is 4.98 Å². The maximum Gasteiger partial charge on any atom is 0.254 e. The van der Waals surface area contributed by atoms with Gasteiger partial charge in [0.25, 0.3) is 5.91 Å². The van der Waals surface area contributed by atoms with Crippen molar-refractivity contribution in [3.63, 3.8) is 0 Å². The highest BCUT2D eigenvalue weighted by Crippen LogP contribution is 2.33. The summed E-state index contributed by atoms with van der Waals surface area (Å²) in [6.07, 6.45) is 5.03. The predicted octanol–water partition coefficient (Wildman–Crippen LogP) is 2.27. The minimum absolute atomic E-state index is 0.0286. The van der Waals surface area contributed by atoms with Gasteiger partial charge in [0.1, 0.15) is 9.55 Å². The largest absolute Gasteiger partial charge is 0.317 e. The third kappa shape index (κ3) is 2.23. The highest BCUT2D eigenvalue weighted by molar-refractivity contribution is 7.39. The van der Waals surface area contributed by atoms with Gasteiger partial charge in [0.2, 0.25) is 0 Å². The first-order chi connectivity index (χ1) is 10.8. The molecular weight excluding hydrogens is 318 g/mol. The maximum atomic E-state index is 13.0. The van der Waals surface area contributed by atoms with E-state index in [2.05, 4.69) is 20.7 Å². The number of amides is 1. The molecular formula is C14H15N5OS2. The number of hydrogen-bond donors (Lipinski definition) is 2. The van der Waals surface area contributed by atoms with E-state index in [0.29, 0.717) is 5.13 Å². The van der Waals surface area contributed by atoms with Crippen LogP contribution in [0.3, 0.4) is 0 Å². The number of fused-ring (bicyclic) bond motifs is 1. The molecule has 1 fully saturated rings. The molecule has 0 atom stereocenters. The van der Waals surface area contributed by atoms with E-state index in [-0.39, 0.29) is 5.91 Å². The van der Waals surface area contributed by atoms with Gasteiger partial charge in [0.05, 0.1) is 5.52 Å². The van der Waals surface area contributed by atoms with Crippen molar-refractivity contribution in [3.8, 4) is 0 Å². The number of nitrogens with zero attached hydrogens (tertiary/aromatic N) is 3. The molecule has 1 saturated heterocycles. The summed E-state index contributed by atoms with van der Waals surface area (Å²) in [5.41, 5.74) is 0.317. The minimum Gasteiger partial charge on any atom is -0.317 e. The molecule has 2 N–H and O–H groups in total. The molecule has 0 saturated carbocycles. The van der Waals surface area contributed by atoms with Gasteiger partial charge in [-0.05, 0) is 43.4 Å². The second-order valence-corrected chi connectivity index (χ2v) is 7.47. The number of carbonyl (C=O) groups excluding carboxylic acids is 1. The molecule has 0 aromatic carbocycles. The Balaban J connectivity index is 1.64. The standard InChI is InChI=1S/C14H15N5OS2/c20-12(18-13-17-10-2-9-21-11(10)22-13)14(3-6-15-7-4-14)19-8-1-5-16-19/h1-2,5,8-9,15H,3-4,6-7H2,(H,17,18,20). The third-order valence-corrected chi connectivity index (χ3v) is 6.05. The molecule has 22 heavy (non-hydrogen) atoms. The number of anilines is 1. The van der Waals surface area contributed by atoms with Gasteiger partial charge in [-0.2, -0.15) is 5.10 Å². The zero-order chi connectivity index (χ0) is 15.0. The topological polar surface area (TPSA) is 71.8 Å². The van der Waals surface area contributed by atoms with Gasteiger partial charge in [0, 0.05) is 12.4 Å². The van der Waals surface area contributed by atoms with Gasteiger partial charge in [-0.1, -0.05) is 11.3 Å². The molecule has 6 nitrogen and oxygen atoms in total. The van der Waals surface area contributed by atoms with E-state index in [0.717, 1.165) is 35.5 Å². The van der Waals surface area contributed by atoms with Crippen LogP contribution < -0.4 is 10.6 Å². The molecule has 3 aromatic rings. The molecule has 1 amide bonds. The van der Waals surface area contributed by atoms with Crippen molar-refractivity contribution in [2.45, 2.75) is 18.4 Å². The summed E-state index contributed by atoms with van der Waals surface area (Å²) in [6.45, 7) is 1.61. The van der Waals surface area contributed by atoms with E-state index in [1.807, 2.05) is 23.7 Å². The Kier molecular flexibility index (Phi) is 3.44. The molecule has 4 rings (SSSR count). The number of rotatable bonds is 3. The number of hydrogen-bond acceptors (Lipinski definition) is 6. The van der Waals surface area contributed by atoms with Crippen LogP contribution in [0, 0.1) is 0 Å². The van der Waals surface area contributed by atoms with Gasteiger partial charge < -0.3 is 5.32 Å². The summed E-state index contributed by atoms with van der Waals surface area (Å²) in [6, 6.07) is 3.83. The average Bonchev–Trinajstić information content (AvgIpc) is 3.24. The Morgan fingerprint density at radius 1 is 1.41 bits per heavy atom. The van der Waals surface area contributed by atoms with Crippen molar-refractivity contribution in [1.29, 1.82) is 0 Å². The summed E-state index contributed by atoms with van der Waals surface area (Å²) in [5, 5.41) is 13.3. The SMILES string of the molecule is O=C(Nc1nc2ccsc2s1)C1(n2cccn2)CCNCC1. The fourth-order valence-electron chi connectivity index (χ4n) is 2.86. The molecule has 0 radical (unpaired) electrons. The Morgan fingerprint density at radius 2 is 2.27 bits per heavy atom. The van der Waals surface area contributed by atoms with Crippen LogP contribution in [0.25, 0.3) is 9.53 Å². The Labute approximate surface area is 135 Å². The van der Waals surface area contributed by atoms with Crippen molar-refractivity contribution < 1.29 is 4.79 Å². The molecule has 0 aliphatic carbocycles. The van der Waals surface area contributed by atoms with Crippen molar-refractivity contribution in [1.82, 2.24) is 20.1 Å². The Morgan fingerprint density at radius 3 is 3.00 bits per heavy atom. The first-order valence-electron chi connectivity index (χ1n) is 7.14. The van der Waals surface area contributed by atoms with Crippen LogP contribution >= 0.6 is 22.7 Å². The summed E-state index contributed by atoms with van der Waals surface area (Å²) < 4.78 is 2.92. The van der Waals surface area contributed by atoms with E-state index in [4.69, 9.17) is 0 Å². The molecule has 4 heterocycles. The Bertz CT molecular complexity index is 757. The van der Waals surface area contributed by atoms with Gasteiger partial charge in [-0.3, -0.25) is 14.8 Å². The predicted molar refractivity (Wildman–Crippen MR) is 88.4 cm³/mol. The van der Waals surface area contributed by atoms with Crippen molar-refractivity contribution >= 4 is 43.2 Å². The zero-order valence-corrected chi connectivity index (χ0v) is 13.4. The van der Waals surface area contributed by atoms with Crippen molar-refractivity contribution in [2.24, 2.45) is 0 Å². The fourth-order valence-corrected chi connectivity index (χ4v) is 4.69. The van der Waals surface area contributed by atoms with Crippen LogP contribution in [-0.2, 0) is 10.3 Å². The number of nitrogens with one attached hydrogen (secondary N) is 2. The summed E-state index contributed by atoms with van der Waals surface area (Å²) in [4.78, 5) is 17.4. The zero-order valence-electron chi connectivity index (χ0n) is 11.8. The molecule has 1 aliphatic heterocycles. The highest BCUT2D eigenvalue weighted by atomic mass is 32.2. The number of carbonyl (C=O) groups is 1. The average molecular weight is 333 g/mol. The lowest BCUT2D eigenvalue weighted by atomic mass is 9.87.